The number of aromatic nitrogens is 3. The molecule has 0 atom stereocenters. The normalized spacial score (nSPS) is 11.0. The van der Waals surface area contributed by atoms with E-state index >= 15 is 0 Å². The largest absolute Gasteiger partial charge is 0.488 e. The Morgan fingerprint density at radius 1 is 1.16 bits per heavy atom. The van der Waals surface area contributed by atoms with E-state index in [2.05, 4.69) is 31.2 Å². The Bertz CT molecular complexity index is 1350. The molecule has 4 aromatic rings. The Morgan fingerprint density at radius 2 is 1.97 bits per heavy atom. The van der Waals surface area contributed by atoms with E-state index < -0.39 is 4.92 Å². The molecule has 3 aromatic carbocycles. The van der Waals surface area contributed by atoms with Crippen molar-refractivity contribution in [3.63, 3.8) is 0 Å². The summed E-state index contributed by atoms with van der Waals surface area (Å²) in [5.41, 5.74) is 2.28. The van der Waals surface area contributed by atoms with E-state index in [1.165, 1.54) is 16.8 Å². The third-order valence-electron chi connectivity index (χ3n) is 4.48. The highest BCUT2D eigenvalue weighted by molar-refractivity contribution is 9.10. The van der Waals surface area contributed by atoms with Crippen LogP contribution in [0.3, 0.4) is 0 Å². The monoisotopic (exact) mass is 509 g/mol. The molecule has 0 aliphatic rings. The van der Waals surface area contributed by atoms with Crippen molar-refractivity contribution in [1.82, 2.24) is 14.9 Å². The summed E-state index contributed by atoms with van der Waals surface area (Å²) in [6.45, 7) is 0.171. The zero-order valence-electron chi connectivity index (χ0n) is 16.5. The van der Waals surface area contributed by atoms with Gasteiger partial charge in [-0.3, -0.25) is 10.1 Å². The molecule has 0 unspecified atom stereocenters. The number of non-ortho nitro benzene ring substituents is 1. The van der Waals surface area contributed by atoms with Crippen molar-refractivity contribution in [3.05, 3.63) is 103 Å². The van der Waals surface area contributed by atoms with Gasteiger partial charge in [-0.25, -0.2) is 5.10 Å². The predicted molar refractivity (Wildman–Crippen MR) is 127 cm³/mol. The number of benzene rings is 3. The van der Waals surface area contributed by atoms with E-state index in [0.29, 0.717) is 27.5 Å². The van der Waals surface area contributed by atoms with Crippen LogP contribution in [0.4, 0.5) is 5.69 Å². The number of halogens is 1. The maximum atomic E-state index is 11.0. The van der Waals surface area contributed by atoms with Gasteiger partial charge in [0.2, 0.25) is 4.77 Å². The Labute approximate surface area is 196 Å². The van der Waals surface area contributed by atoms with Gasteiger partial charge in [0, 0.05) is 27.7 Å². The number of nitro benzene ring substituents is 1. The fraction of sp³-hybridized carbons (Fsp3) is 0.0455. The number of aromatic amines is 1. The second-order valence-corrected chi connectivity index (χ2v) is 7.97. The minimum Gasteiger partial charge on any atom is -0.488 e. The zero-order valence-corrected chi connectivity index (χ0v) is 18.9. The maximum absolute atomic E-state index is 11.0. The van der Waals surface area contributed by atoms with Crippen molar-refractivity contribution in [3.8, 4) is 17.1 Å². The summed E-state index contributed by atoms with van der Waals surface area (Å²) in [7, 11) is 0. The van der Waals surface area contributed by atoms with E-state index in [4.69, 9.17) is 17.0 Å². The number of hydrogen-bond donors (Lipinski definition) is 1. The molecule has 0 saturated heterocycles. The van der Waals surface area contributed by atoms with Crippen LogP contribution >= 0.6 is 28.1 Å². The molecule has 32 heavy (non-hydrogen) atoms. The molecule has 0 amide bonds. The molecule has 0 spiro atoms. The van der Waals surface area contributed by atoms with Crippen molar-refractivity contribution in [2.75, 3.05) is 0 Å². The molecule has 0 bridgehead atoms. The highest BCUT2D eigenvalue weighted by Gasteiger charge is 2.10. The van der Waals surface area contributed by atoms with Crippen LogP contribution in [0.1, 0.15) is 11.1 Å². The predicted octanol–water partition coefficient (Wildman–Crippen LogP) is 5.74. The summed E-state index contributed by atoms with van der Waals surface area (Å²) in [6, 6.07) is 21.4. The summed E-state index contributed by atoms with van der Waals surface area (Å²) in [6.07, 6.45) is 1.63. The van der Waals surface area contributed by atoms with Crippen molar-refractivity contribution >= 4 is 40.0 Å². The van der Waals surface area contributed by atoms with Gasteiger partial charge in [0.1, 0.15) is 12.4 Å². The van der Waals surface area contributed by atoms with E-state index in [9.17, 15) is 10.1 Å². The van der Waals surface area contributed by atoms with Gasteiger partial charge in [0.15, 0.2) is 5.82 Å². The molecule has 0 radical (unpaired) electrons. The molecule has 160 valence electrons. The summed E-state index contributed by atoms with van der Waals surface area (Å²) in [5.74, 6) is 1.15. The number of nitro groups is 1. The molecule has 0 aliphatic heterocycles. The molecule has 8 nitrogen and oxygen atoms in total. The van der Waals surface area contributed by atoms with Crippen LogP contribution in [0.2, 0.25) is 0 Å². The molecular weight excluding hydrogens is 494 g/mol. The van der Waals surface area contributed by atoms with Crippen molar-refractivity contribution in [2.24, 2.45) is 5.10 Å². The van der Waals surface area contributed by atoms with Gasteiger partial charge in [0.05, 0.1) is 11.1 Å². The van der Waals surface area contributed by atoms with Gasteiger partial charge >= 0.3 is 0 Å². The zero-order chi connectivity index (χ0) is 22.5. The van der Waals surface area contributed by atoms with Gasteiger partial charge in [-0.1, -0.05) is 58.4 Å². The fourth-order valence-corrected chi connectivity index (χ4v) is 3.52. The molecule has 4 rings (SSSR count). The average molecular weight is 510 g/mol. The third-order valence-corrected chi connectivity index (χ3v) is 5.24. The molecule has 0 aliphatic carbocycles. The van der Waals surface area contributed by atoms with E-state index in [-0.39, 0.29) is 12.3 Å². The maximum Gasteiger partial charge on any atom is 0.269 e. The number of nitrogens with one attached hydrogen (secondary N) is 1. The smallest absolute Gasteiger partial charge is 0.269 e. The van der Waals surface area contributed by atoms with E-state index in [1.54, 1.807) is 24.4 Å². The molecule has 0 fully saturated rings. The summed E-state index contributed by atoms with van der Waals surface area (Å²) >= 11 is 8.79. The quantitative estimate of drug-likeness (QED) is 0.148. The Kier molecular flexibility index (Phi) is 6.52. The second-order valence-electron chi connectivity index (χ2n) is 6.67. The lowest BCUT2D eigenvalue weighted by Crippen LogP contribution is -2.00. The molecule has 1 aromatic heterocycles. The summed E-state index contributed by atoms with van der Waals surface area (Å²) in [5, 5.41) is 22.5. The standard InChI is InChI=1S/C22H16BrN5O3S/c23-18-9-10-20(31-14-15-5-4-8-19(11-15)28(29)30)17(12-18)13-24-27-21(25-26-22(27)32)16-6-2-1-3-7-16/h1-13H,14H2,(H,26,32)/b24-13-. The van der Waals surface area contributed by atoms with Crippen LogP contribution in [0.5, 0.6) is 5.75 Å². The fourth-order valence-electron chi connectivity index (χ4n) is 2.97. The molecule has 1 N–H and O–H groups in total. The number of H-pyrrole nitrogens is 1. The Balaban J connectivity index is 1.61. The molecule has 0 saturated carbocycles. The summed E-state index contributed by atoms with van der Waals surface area (Å²) in [4.78, 5) is 10.6. The van der Waals surface area contributed by atoms with Crippen LogP contribution in [-0.4, -0.2) is 26.0 Å². The van der Waals surface area contributed by atoms with E-state index in [1.807, 2.05) is 42.5 Å². The highest BCUT2D eigenvalue weighted by Crippen LogP contribution is 2.24. The van der Waals surface area contributed by atoms with Gasteiger partial charge in [0.25, 0.3) is 5.69 Å². The lowest BCUT2D eigenvalue weighted by molar-refractivity contribution is -0.384. The Hall–Kier alpha value is -3.63. The van der Waals surface area contributed by atoms with Gasteiger partial charge in [-0.05, 0) is 36.0 Å². The lowest BCUT2D eigenvalue weighted by atomic mass is 10.2. The number of rotatable bonds is 7. The van der Waals surface area contributed by atoms with Gasteiger partial charge < -0.3 is 4.74 Å². The van der Waals surface area contributed by atoms with Gasteiger partial charge in [-0.15, -0.1) is 0 Å². The first-order valence-electron chi connectivity index (χ1n) is 9.44. The first-order chi connectivity index (χ1) is 15.5. The van der Waals surface area contributed by atoms with Crippen LogP contribution in [0.25, 0.3) is 11.4 Å². The average Bonchev–Trinajstić information content (AvgIpc) is 3.18. The van der Waals surface area contributed by atoms with Crippen LogP contribution in [0.15, 0.2) is 82.4 Å². The van der Waals surface area contributed by atoms with Crippen LogP contribution in [0, 0.1) is 14.9 Å². The van der Waals surface area contributed by atoms with Crippen molar-refractivity contribution in [2.45, 2.75) is 6.61 Å². The highest BCUT2D eigenvalue weighted by atomic mass is 79.9. The Morgan fingerprint density at radius 3 is 2.75 bits per heavy atom. The minimum absolute atomic E-state index is 0.0199. The van der Waals surface area contributed by atoms with E-state index in [0.717, 1.165) is 10.0 Å². The number of ether oxygens (including phenoxy) is 1. The third kappa shape index (κ3) is 4.98. The number of hydrogen-bond acceptors (Lipinski definition) is 6. The van der Waals surface area contributed by atoms with Crippen molar-refractivity contribution < 1.29 is 9.66 Å². The van der Waals surface area contributed by atoms with Crippen LogP contribution < -0.4 is 4.74 Å². The molecule has 10 heteroatoms. The molecular formula is C22H16BrN5O3S. The second kappa shape index (κ2) is 9.67. The first-order valence-corrected chi connectivity index (χ1v) is 10.6. The SMILES string of the molecule is O=[N+]([O-])c1cccc(COc2ccc(Br)cc2/C=N\n2c(-c3ccccc3)n[nH]c2=S)c1. The summed E-state index contributed by atoms with van der Waals surface area (Å²) < 4.78 is 8.68. The lowest BCUT2D eigenvalue weighted by Gasteiger charge is -2.10. The minimum atomic E-state index is -0.430. The van der Waals surface area contributed by atoms with Crippen LogP contribution in [-0.2, 0) is 6.61 Å². The van der Waals surface area contributed by atoms with Gasteiger partial charge in [-0.2, -0.15) is 14.9 Å². The first kappa shape index (κ1) is 21.6. The molecule has 1 heterocycles. The topological polar surface area (TPSA) is 98.3 Å². The van der Waals surface area contributed by atoms with Crippen molar-refractivity contribution in [1.29, 1.82) is 0 Å². The number of nitrogens with zero attached hydrogens (tertiary/aromatic N) is 4.